The number of rotatable bonds is 7. The number of ether oxygens (including phenoxy) is 2. The van der Waals surface area contributed by atoms with Gasteiger partial charge in [-0.25, -0.2) is 4.98 Å². The van der Waals surface area contributed by atoms with Gasteiger partial charge in [-0.15, -0.1) is 0 Å². The smallest absolute Gasteiger partial charge is 0.422 e. The lowest BCUT2D eigenvalue weighted by Crippen LogP contribution is -2.48. The van der Waals surface area contributed by atoms with Crippen molar-refractivity contribution in [2.75, 3.05) is 19.8 Å². The molecule has 0 unspecified atom stereocenters. The highest BCUT2D eigenvalue weighted by molar-refractivity contribution is 5.97. The molecule has 3 heterocycles. The SMILES string of the molecule is Cc1c(C(=O)NC2COC2)cc(-c2cc(OCC(F)(F)F)nc(C(C)(C)C)c2)n1CC1CCCCC1. The average Bonchev–Trinajstić information content (AvgIpc) is 3.10. The first kappa shape index (κ1) is 26.5. The molecule has 0 aromatic carbocycles. The third-order valence-corrected chi connectivity index (χ3v) is 7.00. The highest BCUT2D eigenvalue weighted by Crippen LogP contribution is 2.35. The predicted octanol–water partition coefficient (Wildman–Crippen LogP) is 5.81. The molecule has 1 saturated heterocycles. The van der Waals surface area contributed by atoms with E-state index in [1.54, 1.807) is 6.07 Å². The van der Waals surface area contributed by atoms with Crippen molar-refractivity contribution < 1.29 is 27.4 Å². The van der Waals surface area contributed by atoms with Crippen LogP contribution in [0.2, 0.25) is 0 Å². The third-order valence-electron chi connectivity index (χ3n) is 7.00. The van der Waals surface area contributed by atoms with Gasteiger partial charge in [0.25, 0.3) is 5.91 Å². The van der Waals surface area contributed by atoms with E-state index in [0.717, 1.165) is 30.8 Å². The molecule has 9 heteroatoms. The first-order chi connectivity index (χ1) is 16.9. The summed E-state index contributed by atoms with van der Waals surface area (Å²) in [6.07, 6.45) is 1.41. The van der Waals surface area contributed by atoms with Crippen molar-refractivity contribution in [3.63, 3.8) is 0 Å². The standard InChI is InChI=1S/C27H36F3N3O3/c1-17-21(25(34)31-20-14-35-15-20)12-22(33(17)13-18-8-6-5-7-9-18)19-10-23(26(2,3)4)32-24(11-19)36-16-27(28,29)30/h10-12,18,20H,5-9,13-16H2,1-4H3,(H,31,34). The molecule has 0 spiro atoms. The van der Waals surface area contributed by atoms with Gasteiger partial charge in [0.15, 0.2) is 6.61 Å². The number of nitrogens with one attached hydrogen (secondary N) is 1. The minimum absolute atomic E-state index is 0.00201. The van der Waals surface area contributed by atoms with Crippen LogP contribution >= 0.6 is 0 Å². The number of carbonyl (C=O) groups is 1. The third kappa shape index (κ3) is 6.41. The number of nitrogens with zero attached hydrogens (tertiary/aromatic N) is 2. The Morgan fingerprint density at radius 1 is 1.14 bits per heavy atom. The van der Waals surface area contributed by atoms with Crippen LogP contribution in [0.1, 0.15) is 74.6 Å². The Kier molecular flexibility index (Phi) is 7.69. The lowest BCUT2D eigenvalue weighted by molar-refractivity contribution is -0.154. The Bertz CT molecular complexity index is 1080. The van der Waals surface area contributed by atoms with E-state index in [0.29, 0.717) is 36.0 Å². The highest BCUT2D eigenvalue weighted by atomic mass is 19.4. The van der Waals surface area contributed by atoms with Crippen molar-refractivity contribution in [1.29, 1.82) is 0 Å². The Hall–Kier alpha value is -2.55. The molecule has 2 fully saturated rings. The molecule has 4 rings (SSSR count). The van der Waals surface area contributed by atoms with Crippen LogP contribution in [-0.2, 0) is 16.7 Å². The Balaban J connectivity index is 1.76. The second-order valence-corrected chi connectivity index (χ2v) is 11.1. The number of pyridine rings is 1. The molecule has 1 aliphatic carbocycles. The van der Waals surface area contributed by atoms with Crippen molar-refractivity contribution >= 4 is 5.91 Å². The molecule has 0 radical (unpaired) electrons. The first-order valence-corrected chi connectivity index (χ1v) is 12.7. The summed E-state index contributed by atoms with van der Waals surface area (Å²) in [5.41, 5.74) is 3.11. The van der Waals surface area contributed by atoms with E-state index in [4.69, 9.17) is 9.47 Å². The van der Waals surface area contributed by atoms with Crippen LogP contribution in [0, 0.1) is 12.8 Å². The van der Waals surface area contributed by atoms with Crippen LogP contribution in [0.3, 0.4) is 0 Å². The monoisotopic (exact) mass is 507 g/mol. The molecule has 1 aliphatic heterocycles. The van der Waals surface area contributed by atoms with E-state index >= 15 is 0 Å². The van der Waals surface area contributed by atoms with Gasteiger partial charge >= 0.3 is 6.18 Å². The molecule has 2 aromatic heterocycles. The van der Waals surface area contributed by atoms with E-state index < -0.39 is 18.2 Å². The average molecular weight is 508 g/mol. The quantitative estimate of drug-likeness (QED) is 0.514. The number of alkyl halides is 3. The molecule has 6 nitrogen and oxygen atoms in total. The van der Waals surface area contributed by atoms with Crippen LogP contribution in [-0.4, -0.2) is 47.5 Å². The lowest BCUT2D eigenvalue weighted by Gasteiger charge is -2.27. The minimum atomic E-state index is -4.46. The minimum Gasteiger partial charge on any atom is -0.468 e. The van der Waals surface area contributed by atoms with Gasteiger partial charge in [-0.3, -0.25) is 4.79 Å². The normalized spacial score (nSPS) is 17.6. The molecule has 198 valence electrons. The zero-order valence-electron chi connectivity index (χ0n) is 21.5. The fraction of sp³-hybridized carbons (Fsp3) is 0.630. The van der Waals surface area contributed by atoms with Gasteiger partial charge in [-0.1, -0.05) is 40.0 Å². The summed E-state index contributed by atoms with van der Waals surface area (Å²) in [4.78, 5) is 17.5. The van der Waals surface area contributed by atoms with Crippen molar-refractivity contribution in [3.05, 3.63) is 35.2 Å². The van der Waals surface area contributed by atoms with Gasteiger partial charge in [0, 0.05) is 35.0 Å². The molecule has 36 heavy (non-hydrogen) atoms. The molecule has 1 saturated carbocycles. The number of aromatic nitrogens is 2. The molecule has 0 bridgehead atoms. The second kappa shape index (κ2) is 10.4. The zero-order valence-corrected chi connectivity index (χ0v) is 21.5. The summed E-state index contributed by atoms with van der Waals surface area (Å²) >= 11 is 0. The summed E-state index contributed by atoms with van der Waals surface area (Å²) in [5.74, 6) is 0.253. The van der Waals surface area contributed by atoms with Crippen molar-refractivity contribution in [1.82, 2.24) is 14.9 Å². The summed E-state index contributed by atoms with van der Waals surface area (Å²) in [6, 6.07) is 5.29. The number of hydrogen-bond donors (Lipinski definition) is 1. The van der Waals surface area contributed by atoms with Gasteiger partial charge in [-0.05, 0) is 37.8 Å². The number of carbonyl (C=O) groups excluding carboxylic acids is 1. The Morgan fingerprint density at radius 3 is 2.42 bits per heavy atom. The van der Waals surface area contributed by atoms with Gasteiger partial charge in [0.1, 0.15) is 0 Å². The molecule has 0 atom stereocenters. The van der Waals surface area contributed by atoms with E-state index in [9.17, 15) is 18.0 Å². The molecule has 2 aliphatic rings. The van der Waals surface area contributed by atoms with E-state index in [1.165, 1.54) is 19.3 Å². The van der Waals surface area contributed by atoms with Crippen molar-refractivity contribution in [2.24, 2.45) is 5.92 Å². The number of amides is 1. The molecule has 1 N–H and O–H groups in total. The maximum Gasteiger partial charge on any atom is 0.422 e. The van der Waals surface area contributed by atoms with Crippen LogP contribution < -0.4 is 10.1 Å². The van der Waals surface area contributed by atoms with Crippen LogP contribution in [0.5, 0.6) is 5.88 Å². The number of hydrogen-bond acceptors (Lipinski definition) is 4. The van der Waals surface area contributed by atoms with E-state index in [1.807, 2.05) is 39.8 Å². The molecule has 2 aromatic rings. The van der Waals surface area contributed by atoms with Gasteiger partial charge in [-0.2, -0.15) is 13.2 Å². The van der Waals surface area contributed by atoms with Gasteiger partial charge in [0.2, 0.25) is 5.88 Å². The van der Waals surface area contributed by atoms with Gasteiger partial charge in [0.05, 0.1) is 30.5 Å². The molecular weight excluding hydrogens is 471 g/mol. The summed E-state index contributed by atoms with van der Waals surface area (Å²) in [7, 11) is 0. The molecular formula is C27H36F3N3O3. The lowest BCUT2D eigenvalue weighted by atomic mass is 9.89. The van der Waals surface area contributed by atoms with Crippen LogP contribution in [0.25, 0.3) is 11.3 Å². The fourth-order valence-electron chi connectivity index (χ4n) is 4.83. The highest BCUT2D eigenvalue weighted by Gasteiger charge is 2.30. The largest absolute Gasteiger partial charge is 0.468 e. The summed E-state index contributed by atoms with van der Waals surface area (Å²) in [5, 5.41) is 3.01. The topological polar surface area (TPSA) is 65.4 Å². The van der Waals surface area contributed by atoms with Crippen LogP contribution in [0.15, 0.2) is 18.2 Å². The van der Waals surface area contributed by atoms with E-state index in [2.05, 4.69) is 14.9 Å². The Labute approximate surface area is 210 Å². The maximum absolute atomic E-state index is 13.1. The van der Waals surface area contributed by atoms with Crippen LogP contribution in [0.4, 0.5) is 13.2 Å². The summed E-state index contributed by atoms with van der Waals surface area (Å²) < 4.78 is 51.1. The number of halogens is 3. The summed E-state index contributed by atoms with van der Waals surface area (Å²) in [6.45, 7) is 8.15. The van der Waals surface area contributed by atoms with E-state index in [-0.39, 0.29) is 17.8 Å². The van der Waals surface area contributed by atoms with Gasteiger partial charge < -0.3 is 19.4 Å². The predicted molar refractivity (Wildman–Crippen MR) is 131 cm³/mol. The second-order valence-electron chi connectivity index (χ2n) is 11.1. The Morgan fingerprint density at radius 2 is 1.83 bits per heavy atom. The molecule has 1 amide bonds. The first-order valence-electron chi connectivity index (χ1n) is 12.7. The maximum atomic E-state index is 13.1. The van der Waals surface area contributed by atoms with Crippen molar-refractivity contribution in [3.8, 4) is 17.1 Å². The fourth-order valence-corrected chi connectivity index (χ4v) is 4.83. The zero-order chi connectivity index (χ0) is 26.1. The van der Waals surface area contributed by atoms with Crippen molar-refractivity contribution in [2.45, 2.75) is 84.0 Å².